The van der Waals surface area contributed by atoms with Crippen LogP contribution < -0.4 is 21.3 Å². The molecule has 2 aliphatic rings. The maximum absolute atomic E-state index is 15.7. The highest BCUT2D eigenvalue weighted by Gasteiger charge is 2.50. The zero-order chi connectivity index (χ0) is 30.6. The van der Waals surface area contributed by atoms with Gasteiger partial charge in [-0.05, 0) is 47.6 Å². The van der Waals surface area contributed by atoms with Crippen LogP contribution in [-0.4, -0.2) is 61.0 Å². The summed E-state index contributed by atoms with van der Waals surface area (Å²) in [7, 11) is 0. The monoisotopic (exact) mass is 619 g/mol. The number of unbranched alkanes of at least 4 members (excludes halogenated alkanes) is 1. The number of carbonyl (C=O) groups is 3. The van der Waals surface area contributed by atoms with Gasteiger partial charge in [0.05, 0.1) is 17.1 Å². The molecule has 4 rings (SSSR count). The Labute approximate surface area is 257 Å². The Morgan fingerprint density at radius 2 is 1.86 bits per heavy atom. The van der Waals surface area contributed by atoms with E-state index in [2.05, 4.69) is 49.0 Å². The number of anilines is 1. The first-order chi connectivity index (χ1) is 19.9. The minimum atomic E-state index is -0.803. The van der Waals surface area contributed by atoms with Crippen LogP contribution in [0.25, 0.3) is 0 Å². The van der Waals surface area contributed by atoms with Crippen LogP contribution in [0.3, 0.4) is 0 Å². The molecule has 0 aliphatic carbocycles. The number of amides is 4. The fourth-order valence-electron chi connectivity index (χ4n) is 6.06. The number of likely N-dealkylation sites (tertiary alicyclic amines) is 1. The summed E-state index contributed by atoms with van der Waals surface area (Å²) >= 11 is 12.5. The van der Waals surface area contributed by atoms with Crippen molar-refractivity contribution in [1.29, 1.82) is 0 Å². The smallest absolute Gasteiger partial charge is 0.317 e. The average Bonchev–Trinajstić information content (AvgIpc) is 3.25. The summed E-state index contributed by atoms with van der Waals surface area (Å²) < 4.78 is 15.7. The van der Waals surface area contributed by atoms with Gasteiger partial charge in [0.25, 0.3) is 0 Å². The van der Waals surface area contributed by atoms with Gasteiger partial charge in [0.1, 0.15) is 5.82 Å². The van der Waals surface area contributed by atoms with Gasteiger partial charge in [-0.3, -0.25) is 9.59 Å². The largest absolute Gasteiger partial charge is 0.348 e. The lowest BCUT2D eigenvalue weighted by molar-refractivity contribution is -0.124. The number of rotatable bonds is 10. The van der Waals surface area contributed by atoms with Gasteiger partial charge in [0.15, 0.2) is 0 Å². The number of urea groups is 1. The third-order valence-electron chi connectivity index (χ3n) is 7.94. The minimum absolute atomic E-state index is 0.0317. The van der Waals surface area contributed by atoms with Gasteiger partial charge in [0.2, 0.25) is 12.3 Å². The first-order valence-corrected chi connectivity index (χ1v) is 15.2. The van der Waals surface area contributed by atoms with E-state index in [1.807, 2.05) is 6.07 Å². The van der Waals surface area contributed by atoms with Gasteiger partial charge in [0, 0.05) is 48.2 Å². The lowest BCUT2D eigenvalue weighted by Gasteiger charge is -2.40. The molecule has 4 amide bonds. The van der Waals surface area contributed by atoms with E-state index >= 15 is 4.39 Å². The zero-order valence-electron chi connectivity index (χ0n) is 24.5. The number of nitrogens with one attached hydrogen (secondary N) is 4. The van der Waals surface area contributed by atoms with Crippen LogP contribution >= 0.6 is 23.2 Å². The highest BCUT2D eigenvalue weighted by molar-refractivity contribution is 6.31. The Kier molecular flexibility index (Phi) is 10.4. The summed E-state index contributed by atoms with van der Waals surface area (Å²) in [6.45, 7) is 9.78. The number of nitrogens with zero attached hydrogens (tertiary/aromatic N) is 1. The van der Waals surface area contributed by atoms with Crippen molar-refractivity contribution in [2.24, 2.45) is 5.41 Å². The van der Waals surface area contributed by atoms with Crippen LogP contribution in [0, 0.1) is 11.2 Å². The molecule has 0 saturated carbocycles. The summed E-state index contributed by atoms with van der Waals surface area (Å²) in [5.74, 6) is -1.92. The lowest BCUT2D eigenvalue weighted by atomic mass is 9.73. The van der Waals surface area contributed by atoms with Crippen LogP contribution in [0.2, 0.25) is 10.0 Å². The van der Waals surface area contributed by atoms with Crippen molar-refractivity contribution in [3.05, 3.63) is 63.4 Å². The van der Waals surface area contributed by atoms with Crippen molar-refractivity contribution in [2.75, 3.05) is 25.0 Å². The number of carbonyl (C=O) groups excluding carboxylic acids is 3. The molecule has 0 radical (unpaired) electrons. The van der Waals surface area contributed by atoms with E-state index in [0.29, 0.717) is 48.7 Å². The summed E-state index contributed by atoms with van der Waals surface area (Å²) in [5.41, 5.74) is 1.42. The summed E-state index contributed by atoms with van der Waals surface area (Å²) in [6, 6.07) is 8.62. The zero-order valence-corrected chi connectivity index (χ0v) is 26.0. The molecule has 0 unspecified atom stereocenters. The van der Waals surface area contributed by atoms with Crippen molar-refractivity contribution >= 4 is 47.2 Å². The predicted octanol–water partition coefficient (Wildman–Crippen LogP) is 5.65. The van der Waals surface area contributed by atoms with Gasteiger partial charge < -0.3 is 26.2 Å². The lowest BCUT2D eigenvalue weighted by Crippen LogP contribution is -2.64. The third-order valence-corrected chi connectivity index (χ3v) is 8.47. The van der Waals surface area contributed by atoms with E-state index in [-0.39, 0.29) is 34.5 Å². The van der Waals surface area contributed by atoms with Crippen molar-refractivity contribution in [3.8, 4) is 0 Å². The molecule has 0 aromatic heterocycles. The molecule has 0 bridgehead atoms. The first kappa shape index (κ1) is 32.0. The van der Waals surface area contributed by atoms with E-state index in [4.69, 9.17) is 23.2 Å². The topological polar surface area (TPSA) is 103 Å². The van der Waals surface area contributed by atoms with Gasteiger partial charge >= 0.3 is 6.03 Å². The van der Waals surface area contributed by atoms with Crippen LogP contribution in [0.15, 0.2) is 36.4 Å². The molecular weight excluding hydrogens is 580 g/mol. The van der Waals surface area contributed by atoms with Crippen LogP contribution in [-0.2, 0) is 9.59 Å². The molecule has 228 valence electrons. The molecule has 2 fully saturated rings. The first-order valence-electron chi connectivity index (χ1n) is 14.5. The molecule has 4 atom stereocenters. The maximum Gasteiger partial charge on any atom is 0.317 e. The van der Waals surface area contributed by atoms with Crippen LogP contribution in [0.4, 0.5) is 14.9 Å². The Morgan fingerprint density at radius 1 is 1.12 bits per heavy atom. The number of hydrogen-bond donors (Lipinski definition) is 4. The fourth-order valence-corrected chi connectivity index (χ4v) is 6.41. The quantitative estimate of drug-likeness (QED) is 0.204. The van der Waals surface area contributed by atoms with E-state index in [1.165, 1.54) is 6.07 Å². The second-order valence-corrected chi connectivity index (χ2v) is 13.2. The Morgan fingerprint density at radius 3 is 2.52 bits per heavy atom. The van der Waals surface area contributed by atoms with Gasteiger partial charge in [-0.25, -0.2) is 9.18 Å². The number of hydrogen-bond acceptors (Lipinski definition) is 4. The molecular formula is C31H40Cl2FN5O3. The van der Waals surface area contributed by atoms with Crippen LogP contribution in [0.1, 0.15) is 69.9 Å². The Balaban J connectivity index is 1.68. The van der Waals surface area contributed by atoms with E-state index < -0.39 is 23.7 Å². The maximum atomic E-state index is 15.7. The van der Waals surface area contributed by atoms with E-state index in [0.717, 1.165) is 18.4 Å². The van der Waals surface area contributed by atoms with Crippen molar-refractivity contribution in [1.82, 2.24) is 20.9 Å². The Bertz CT molecular complexity index is 1300. The SMILES string of the molecule is CCCCNC(=O)N1CC(NC(=O)[C@@H]2N[C@H](CC(C)(C)C)[C@@H](c3ccc(Cl)cc3NC=O)[C@H]2c2cccc(Cl)c2F)C1. The third kappa shape index (κ3) is 7.36. The average molecular weight is 621 g/mol. The van der Waals surface area contributed by atoms with Crippen LogP contribution in [0.5, 0.6) is 0 Å². The predicted molar refractivity (Wildman–Crippen MR) is 165 cm³/mol. The number of halogens is 3. The van der Waals surface area contributed by atoms with Gasteiger partial charge in [-0.2, -0.15) is 0 Å². The molecule has 2 saturated heterocycles. The van der Waals surface area contributed by atoms with Gasteiger partial charge in [-0.1, -0.05) is 75.5 Å². The van der Waals surface area contributed by atoms with Gasteiger partial charge in [-0.15, -0.1) is 0 Å². The number of benzene rings is 2. The molecule has 2 aromatic rings. The normalized spacial score (nSPS) is 22.4. The molecule has 2 aliphatic heterocycles. The van der Waals surface area contributed by atoms with Crippen molar-refractivity contribution in [2.45, 2.75) is 76.9 Å². The molecule has 8 nitrogen and oxygen atoms in total. The molecule has 0 spiro atoms. The molecule has 11 heteroatoms. The standard InChI is InChI=1S/C31H40Cl2FN5O3/c1-5-6-12-35-30(42)39-15-19(16-39)37-29(41)28-26(21-8-7-9-22(33)27(21)34)25(24(38-28)14-31(2,3)4)20-11-10-18(32)13-23(20)36-17-40/h7-11,13,17,19,24-26,28,38H,5-6,12,14-16H2,1-4H3,(H,35,42)(H,36,40)(H,37,41)/t24-,25-,26-,28-/m1/s1. The van der Waals surface area contributed by atoms with E-state index in [1.54, 1.807) is 29.2 Å². The van der Waals surface area contributed by atoms with Crippen molar-refractivity contribution in [3.63, 3.8) is 0 Å². The summed E-state index contributed by atoms with van der Waals surface area (Å²) in [4.78, 5) is 39.5. The molecule has 2 aromatic carbocycles. The highest BCUT2D eigenvalue weighted by atomic mass is 35.5. The summed E-state index contributed by atoms with van der Waals surface area (Å²) in [5, 5.41) is 12.7. The Hall–Kier alpha value is -2.88. The highest BCUT2D eigenvalue weighted by Crippen LogP contribution is 2.49. The second-order valence-electron chi connectivity index (χ2n) is 12.4. The minimum Gasteiger partial charge on any atom is -0.348 e. The summed E-state index contributed by atoms with van der Waals surface area (Å²) in [6.07, 6.45) is 3.14. The molecule has 4 N–H and O–H groups in total. The van der Waals surface area contributed by atoms with E-state index in [9.17, 15) is 14.4 Å². The molecule has 2 heterocycles. The molecule has 42 heavy (non-hydrogen) atoms. The second kappa shape index (κ2) is 13.6. The van der Waals surface area contributed by atoms with Crippen molar-refractivity contribution < 1.29 is 18.8 Å². The fraction of sp³-hybridized carbons (Fsp3) is 0.516.